The van der Waals surface area contributed by atoms with Gasteiger partial charge >= 0.3 is 5.97 Å². The molecule has 3 rings (SSSR count). The van der Waals surface area contributed by atoms with E-state index < -0.39 is 0 Å². The van der Waals surface area contributed by atoms with E-state index in [1.807, 2.05) is 36.4 Å². The fraction of sp³-hybridized carbons (Fsp3) is 0.409. The second-order valence-corrected chi connectivity index (χ2v) is 8.70. The zero-order valence-electron chi connectivity index (χ0n) is 15.4. The lowest BCUT2D eigenvalue weighted by atomic mass is 9.75. The number of carbonyl (C=O) groups is 1. The molecule has 1 atom stereocenters. The fourth-order valence-electron chi connectivity index (χ4n) is 3.30. The van der Waals surface area contributed by atoms with Crippen LogP contribution >= 0.6 is 0 Å². The van der Waals surface area contributed by atoms with Crippen molar-refractivity contribution in [3.63, 3.8) is 0 Å². The SMILES string of the molecule is CC(C)(C)c1cc2c(c(C(C)(C)C)c1)C(c1ccccc1)C(=O)O2. The average molecular weight is 322 g/mol. The number of hydrogen-bond donors (Lipinski definition) is 0. The summed E-state index contributed by atoms with van der Waals surface area (Å²) < 4.78 is 5.71. The average Bonchev–Trinajstić information content (AvgIpc) is 2.80. The van der Waals surface area contributed by atoms with Crippen LogP contribution in [0.3, 0.4) is 0 Å². The van der Waals surface area contributed by atoms with Crippen LogP contribution in [0, 0.1) is 0 Å². The summed E-state index contributed by atoms with van der Waals surface area (Å²) in [5.41, 5.74) is 4.37. The Hall–Kier alpha value is -2.09. The Balaban J connectivity index is 2.27. The number of carbonyl (C=O) groups excluding carboxylic acids is 1. The fourth-order valence-corrected chi connectivity index (χ4v) is 3.30. The molecule has 24 heavy (non-hydrogen) atoms. The van der Waals surface area contributed by atoms with Crippen molar-refractivity contribution in [1.82, 2.24) is 0 Å². The molecule has 0 saturated heterocycles. The number of benzene rings is 2. The van der Waals surface area contributed by atoms with Gasteiger partial charge in [-0.15, -0.1) is 0 Å². The van der Waals surface area contributed by atoms with E-state index in [0.29, 0.717) is 0 Å². The molecule has 0 N–H and O–H groups in total. The molecule has 2 nitrogen and oxygen atoms in total. The Kier molecular flexibility index (Phi) is 3.82. The molecule has 0 saturated carbocycles. The van der Waals surface area contributed by atoms with E-state index >= 15 is 0 Å². The zero-order chi connectivity index (χ0) is 17.7. The molecule has 0 fully saturated rings. The van der Waals surface area contributed by atoms with E-state index in [1.54, 1.807) is 0 Å². The van der Waals surface area contributed by atoms with Crippen LogP contribution in [0.1, 0.15) is 69.7 Å². The summed E-state index contributed by atoms with van der Waals surface area (Å²) in [7, 11) is 0. The second-order valence-electron chi connectivity index (χ2n) is 8.70. The normalized spacial score (nSPS) is 17.6. The predicted octanol–water partition coefficient (Wildman–Crippen LogP) is 5.33. The molecule has 2 aromatic rings. The smallest absolute Gasteiger partial charge is 0.323 e. The van der Waals surface area contributed by atoms with E-state index in [1.165, 1.54) is 11.1 Å². The molecule has 2 heteroatoms. The maximum absolute atomic E-state index is 12.6. The van der Waals surface area contributed by atoms with Gasteiger partial charge in [-0.3, -0.25) is 4.79 Å². The number of fused-ring (bicyclic) bond motifs is 1. The highest BCUT2D eigenvalue weighted by Gasteiger charge is 2.39. The summed E-state index contributed by atoms with van der Waals surface area (Å²) in [6.45, 7) is 13.1. The van der Waals surface area contributed by atoms with Crippen molar-refractivity contribution in [1.29, 1.82) is 0 Å². The third kappa shape index (κ3) is 2.86. The van der Waals surface area contributed by atoms with Crippen molar-refractivity contribution in [3.05, 3.63) is 64.7 Å². The highest BCUT2D eigenvalue weighted by Crippen LogP contribution is 2.46. The predicted molar refractivity (Wildman–Crippen MR) is 97.8 cm³/mol. The molecule has 1 aliphatic rings. The first-order valence-electron chi connectivity index (χ1n) is 8.54. The summed E-state index contributed by atoms with van der Waals surface area (Å²) >= 11 is 0. The molecule has 0 bridgehead atoms. The van der Waals surface area contributed by atoms with Gasteiger partial charge in [-0.2, -0.15) is 0 Å². The van der Waals surface area contributed by atoms with E-state index in [-0.39, 0.29) is 22.7 Å². The van der Waals surface area contributed by atoms with Gasteiger partial charge in [0.2, 0.25) is 0 Å². The van der Waals surface area contributed by atoms with Gasteiger partial charge in [-0.1, -0.05) is 77.9 Å². The van der Waals surface area contributed by atoms with Gasteiger partial charge in [-0.25, -0.2) is 0 Å². The highest BCUT2D eigenvalue weighted by atomic mass is 16.5. The summed E-state index contributed by atoms with van der Waals surface area (Å²) in [6, 6.07) is 14.2. The molecule has 0 aromatic heterocycles. The zero-order valence-corrected chi connectivity index (χ0v) is 15.4. The van der Waals surface area contributed by atoms with Crippen LogP contribution in [-0.2, 0) is 15.6 Å². The summed E-state index contributed by atoms with van der Waals surface area (Å²) in [5.74, 6) is 0.225. The highest BCUT2D eigenvalue weighted by molar-refractivity contribution is 5.90. The maximum atomic E-state index is 12.6. The Morgan fingerprint density at radius 3 is 2.04 bits per heavy atom. The summed E-state index contributed by atoms with van der Waals surface area (Å²) in [4.78, 5) is 12.6. The van der Waals surface area contributed by atoms with Crippen molar-refractivity contribution in [2.75, 3.05) is 0 Å². The number of rotatable bonds is 1. The Labute approximate surface area is 144 Å². The third-order valence-corrected chi connectivity index (χ3v) is 4.68. The number of hydrogen-bond acceptors (Lipinski definition) is 2. The van der Waals surface area contributed by atoms with Crippen LogP contribution in [0.4, 0.5) is 0 Å². The Morgan fingerprint density at radius 1 is 0.875 bits per heavy atom. The van der Waals surface area contributed by atoms with Crippen LogP contribution < -0.4 is 4.74 Å². The first kappa shape index (κ1) is 16.8. The molecule has 1 aliphatic heterocycles. The summed E-state index contributed by atoms with van der Waals surface area (Å²) in [5, 5.41) is 0. The molecule has 2 aromatic carbocycles. The lowest BCUT2D eigenvalue weighted by Crippen LogP contribution is -2.20. The van der Waals surface area contributed by atoms with Crippen molar-refractivity contribution in [2.45, 2.75) is 58.3 Å². The van der Waals surface area contributed by atoms with Crippen molar-refractivity contribution < 1.29 is 9.53 Å². The third-order valence-electron chi connectivity index (χ3n) is 4.68. The van der Waals surface area contributed by atoms with Crippen LogP contribution in [0.25, 0.3) is 0 Å². The minimum Gasteiger partial charge on any atom is -0.425 e. The van der Waals surface area contributed by atoms with Crippen molar-refractivity contribution in [3.8, 4) is 5.75 Å². The molecular formula is C22H26O2. The minimum atomic E-state index is -0.329. The van der Waals surface area contributed by atoms with Crippen LogP contribution in [-0.4, -0.2) is 5.97 Å². The van der Waals surface area contributed by atoms with E-state index in [2.05, 4.69) is 47.6 Å². The van der Waals surface area contributed by atoms with Gasteiger partial charge in [0.25, 0.3) is 0 Å². The lowest BCUT2D eigenvalue weighted by Gasteiger charge is -2.28. The standard InChI is InChI=1S/C22H26O2/c1-21(2,3)15-12-16(22(4,5)6)19-17(13-15)24-20(23)18(19)14-10-8-7-9-11-14/h7-13,18H,1-6H3. The van der Waals surface area contributed by atoms with Gasteiger partial charge in [0.15, 0.2) is 0 Å². The maximum Gasteiger partial charge on any atom is 0.323 e. The van der Waals surface area contributed by atoms with Gasteiger partial charge in [0.05, 0.1) is 0 Å². The first-order valence-corrected chi connectivity index (χ1v) is 8.54. The second kappa shape index (κ2) is 5.47. The van der Waals surface area contributed by atoms with Crippen molar-refractivity contribution >= 4 is 5.97 Å². The molecule has 0 amide bonds. The van der Waals surface area contributed by atoms with Crippen LogP contribution in [0.5, 0.6) is 5.75 Å². The van der Waals surface area contributed by atoms with Gasteiger partial charge in [0.1, 0.15) is 11.7 Å². The van der Waals surface area contributed by atoms with E-state index in [0.717, 1.165) is 16.9 Å². The van der Waals surface area contributed by atoms with Crippen LogP contribution in [0.15, 0.2) is 42.5 Å². The monoisotopic (exact) mass is 322 g/mol. The van der Waals surface area contributed by atoms with E-state index in [4.69, 9.17) is 4.74 Å². The topological polar surface area (TPSA) is 26.3 Å². The molecule has 0 radical (unpaired) electrons. The molecular weight excluding hydrogens is 296 g/mol. The molecule has 1 heterocycles. The lowest BCUT2D eigenvalue weighted by molar-refractivity contribution is -0.133. The van der Waals surface area contributed by atoms with Gasteiger partial charge in [-0.05, 0) is 33.6 Å². The largest absolute Gasteiger partial charge is 0.425 e. The molecule has 0 aliphatic carbocycles. The quantitative estimate of drug-likeness (QED) is 0.524. The first-order chi connectivity index (χ1) is 11.1. The number of esters is 1. The Morgan fingerprint density at radius 2 is 1.50 bits per heavy atom. The van der Waals surface area contributed by atoms with Crippen LogP contribution in [0.2, 0.25) is 0 Å². The minimum absolute atomic E-state index is 0.00622. The van der Waals surface area contributed by atoms with Crippen molar-refractivity contribution in [2.24, 2.45) is 0 Å². The number of ether oxygens (including phenoxy) is 1. The van der Waals surface area contributed by atoms with E-state index in [9.17, 15) is 4.79 Å². The van der Waals surface area contributed by atoms with Gasteiger partial charge < -0.3 is 4.74 Å². The van der Waals surface area contributed by atoms with Gasteiger partial charge in [0, 0.05) is 5.56 Å². The molecule has 0 spiro atoms. The molecule has 126 valence electrons. The summed E-state index contributed by atoms with van der Waals surface area (Å²) in [6.07, 6.45) is 0. The Bertz CT molecular complexity index is 774. The molecule has 1 unspecified atom stereocenters.